The highest BCUT2D eigenvalue weighted by molar-refractivity contribution is 6.37. The van der Waals surface area contributed by atoms with Crippen LogP contribution in [0.25, 0.3) is 0 Å². The van der Waals surface area contributed by atoms with Crippen molar-refractivity contribution in [2.24, 2.45) is 0 Å². The van der Waals surface area contributed by atoms with E-state index in [1.807, 2.05) is 0 Å². The number of hydrogen-bond donors (Lipinski definition) is 1. The van der Waals surface area contributed by atoms with Crippen LogP contribution in [0.3, 0.4) is 0 Å². The van der Waals surface area contributed by atoms with E-state index >= 15 is 0 Å². The van der Waals surface area contributed by atoms with Crippen LogP contribution >= 0.6 is 23.2 Å². The van der Waals surface area contributed by atoms with Gasteiger partial charge >= 0.3 is 0 Å². The highest BCUT2D eigenvalue weighted by Gasteiger charge is 2.14. The number of para-hydroxylation sites is 1. The molecule has 7 heteroatoms. The van der Waals surface area contributed by atoms with Gasteiger partial charge in [0.1, 0.15) is 6.33 Å². The van der Waals surface area contributed by atoms with Gasteiger partial charge in [-0.1, -0.05) is 29.3 Å². The predicted molar refractivity (Wildman–Crippen MR) is 76.1 cm³/mol. The normalized spacial score (nSPS) is 11.8. The van der Waals surface area contributed by atoms with E-state index in [9.17, 15) is 4.79 Å². The van der Waals surface area contributed by atoms with E-state index in [1.54, 1.807) is 25.1 Å². The monoisotopic (exact) mass is 311 g/mol. The van der Waals surface area contributed by atoms with Crippen molar-refractivity contribution < 1.29 is 9.53 Å². The van der Waals surface area contributed by atoms with Crippen LogP contribution in [-0.2, 0) is 0 Å². The molecule has 1 amide bonds. The SMILES string of the molecule is CC(NC(=O)c1cncnc1)Oc1c(Cl)cccc1Cl. The van der Waals surface area contributed by atoms with Gasteiger partial charge in [0, 0.05) is 12.4 Å². The van der Waals surface area contributed by atoms with Crippen LogP contribution in [0.4, 0.5) is 0 Å². The zero-order valence-corrected chi connectivity index (χ0v) is 12.0. The van der Waals surface area contributed by atoms with Crippen molar-refractivity contribution in [2.45, 2.75) is 13.2 Å². The minimum Gasteiger partial charge on any atom is -0.468 e. The summed E-state index contributed by atoms with van der Waals surface area (Å²) < 4.78 is 5.53. The summed E-state index contributed by atoms with van der Waals surface area (Å²) in [5.74, 6) is -0.0192. The fourth-order valence-electron chi connectivity index (χ4n) is 1.49. The number of rotatable bonds is 4. The topological polar surface area (TPSA) is 64.1 Å². The van der Waals surface area contributed by atoms with E-state index in [1.165, 1.54) is 18.7 Å². The Bertz CT molecular complexity index is 588. The van der Waals surface area contributed by atoms with E-state index in [4.69, 9.17) is 27.9 Å². The van der Waals surface area contributed by atoms with Crippen LogP contribution in [0.2, 0.25) is 10.0 Å². The second-order valence-electron chi connectivity index (χ2n) is 3.91. The van der Waals surface area contributed by atoms with Crippen LogP contribution in [0.15, 0.2) is 36.9 Å². The van der Waals surface area contributed by atoms with Gasteiger partial charge in [-0.05, 0) is 19.1 Å². The first-order chi connectivity index (χ1) is 9.58. The maximum absolute atomic E-state index is 11.9. The highest BCUT2D eigenvalue weighted by atomic mass is 35.5. The van der Waals surface area contributed by atoms with E-state index in [2.05, 4.69) is 15.3 Å². The van der Waals surface area contributed by atoms with E-state index in [-0.39, 0.29) is 5.91 Å². The zero-order chi connectivity index (χ0) is 14.5. The standard InChI is InChI=1S/C13H11Cl2N3O2/c1-8(18-13(19)9-5-16-7-17-6-9)20-12-10(14)3-2-4-11(12)15/h2-8H,1H3,(H,18,19). The average Bonchev–Trinajstić information content (AvgIpc) is 2.44. The van der Waals surface area contributed by atoms with Crippen molar-refractivity contribution >= 4 is 29.1 Å². The smallest absolute Gasteiger partial charge is 0.257 e. The van der Waals surface area contributed by atoms with Gasteiger partial charge in [-0.3, -0.25) is 4.79 Å². The third-order valence-electron chi connectivity index (χ3n) is 2.37. The zero-order valence-electron chi connectivity index (χ0n) is 10.5. The first-order valence-corrected chi connectivity index (χ1v) is 6.50. The molecule has 0 saturated carbocycles. The Balaban J connectivity index is 2.03. The number of amides is 1. The summed E-state index contributed by atoms with van der Waals surface area (Å²) in [6.07, 6.45) is 3.56. The van der Waals surface area contributed by atoms with Gasteiger partial charge in [-0.2, -0.15) is 0 Å². The molecule has 0 bridgehead atoms. The van der Waals surface area contributed by atoms with Crippen LogP contribution in [0, 0.1) is 0 Å². The molecule has 2 aromatic rings. The van der Waals surface area contributed by atoms with E-state index < -0.39 is 6.23 Å². The summed E-state index contributed by atoms with van der Waals surface area (Å²) >= 11 is 12.0. The van der Waals surface area contributed by atoms with Crippen LogP contribution in [0.5, 0.6) is 5.75 Å². The Morgan fingerprint density at radius 3 is 2.45 bits per heavy atom. The molecule has 5 nitrogen and oxygen atoms in total. The Morgan fingerprint density at radius 1 is 1.25 bits per heavy atom. The maximum atomic E-state index is 11.9. The minimum absolute atomic E-state index is 0.327. The first-order valence-electron chi connectivity index (χ1n) is 5.74. The van der Waals surface area contributed by atoms with E-state index in [0.717, 1.165) is 0 Å². The lowest BCUT2D eigenvalue weighted by Crippen LogP contribution is -2.36. The molecule has 104 valence electrons. The van der Waals surface area contributed by atoms with Crippen molar-refractivity contribution in [1.29, 1.82) is 0 Å². The summed E-state index contributed by atoms with van der Waals surface area (Å²) in [5, 5.41) is 3.39. The lowest BCUT2D eigenvalue weighted by Gasteiger charge is -2.17. The molecule has 20 heavy (non-hydrogen) atoms. The fraction of sp³-hybridized carbons (Fsp3) is 0.154. The summed E-state index contributed by atoms with van der Waals surface area (Å²) in [5.41, 5.74) is 0.341. The Labute approximate surface area is 125 Å². The molecule has 1 N–H and O–H groups in total. The van der Waals surface area contributed by atoms with Gasteiger partial charge in [-0.25, -0.2) is 9.97 Å². The Hall–Kier alpha value is -1.85. The van der Waals surface area contributed by atoms with Gasteiger partial charge in [0.15, 0.2) is 12.0 Å². The van der Waals surface area contributed by atoms with Crippen LogP contribution in [-0.4, -0.2) is 22.1 Å². The molecule has 0 saturated heterocycles. The average molecular weight is 312 g/mol. The highest BCUT2D eigenvalue weighted by Crippen LogP contribution is 2.32. The van der Waals surface area contributed by atoms with Gasteiger partial charge in [0.2, 0.25) is 0 Å². The van der Waals surface area contributed by atoms with Crippen molar-refractivity contribution in [3.63, 3.8) is 0 Å². The molecule has 1 atom stereocenters. The maximum Gasteiger partial charge on any atom is 0.257 e. The summed E-state index contributed by atoms with van der Waals surface area (Å²) in [7, 11) is 0. The Kier molecular flexibility index (Phi) is 4.76. The molecule has 2 rings (SSSR count). The fourth-order valence-corrected chi connectivity index (χ4v) is 1.97. The molecule has 1 unspecified atom stereocenters. The summed E-state index contributed by atoms with van der Waals surface area (Å²) in [4.78, 5) is 19.4. The van der Waals surface area contributed by atoms with Crippen molar-refractivity contribution in [3.8, 4) is 5.75 Å². The van der Waals surface area contributed by atoms with Crippen LogP contribution < -0.4 is 10.1 Å². The number of carbonyl (C=O) groups excluding carboxylic acids is 1. The van der Waals surface area contributed by atoms with Crippen molar-refractivity contribution in [2.75, 3.05) is 0 Å². The second-order valence-corrected chi connectivity index (χ2v) is 4.73. The molecule has 0 fully saturated rings. The number of halogens is 2. The number of nitrogens with zero attached hydrogens (tertiary/aromatic N) is 2. The number of ether oxygens (including phenoxy) is 1. The molecule has 0 aliphatic rings. The number of hydrogen-bond acceptors (Lipinski definition) is 4. The van der Waals surface area contributed by atoms with E-state index in [0.29, 0.717) is 21.4 Å². The molecular weight excluding hydrogens is 301 g/mol. The molecule has 0 aliphatic heterocycles. The Morgan fingerprint density at radius 2 is 1.85 bits per heavy atom. The quantitative estimate of drug-likeness (QED) is 0.882. The lowest BCUT2D eigenvalue weighted by atomic mass is 10.3. The largest absolute Gasteiger partial charge is 0.468 e. The first kappa shape index (κ1) is 14.6. The number of nitrogens with one attached hydrogen (secondary N) is 1. The van der Waals surface area contributed by atoms with Crippen molar-refractivity contribution in [1.82, 2.24) is 15.3 Å². The van der Waals surface area contributed by atoms with Gasteiger partial charge in [0.25, 0.3) is 5.91 Å². The number of carbonyl (C=O) groups is 1. The molecular formula is C13H11Cl2N3O2. The van der Waals surface area contributed by atoms with Crippen molar-refractivity contribution in [3.05, 3.63) is 52.5 Å². The molecule has 0 aliphatic carbocycles. The van der Waals surface area contributed by atoms with Gasteiger partial charge < -0.3 is 10.1 Å². The number of aromatic nitrogens is 2. The molecule has 1 aromatic heterocycles. The van der Waals surface area contributed by atoms with Gasteiger partial charge in [-0.15, -0.1) is 0 Å². The number of benzene rings is 1. The minimum atomic E-state index is -0.611. The summed E-state index contributed by atoms with van der Waals surface area (Å²) in [6, 6.07) is 5.02. The van der Waals surface area contributed by atoms with Gasteiger partial charge in [0.05, 0.1) is 15.6 Å². The molecule has 0 spiro atoms. The molecule has 0 radical (unpaired) electrons. The lowest BCUT2D eigenvalue weighted by molar-refractivity contribution is 0.0851. The van der Waals surface area contributed by atoms with Crippen LogP contribution in [0.1, 0.15) is 17.3 Å². The third kappa shape index (κ3) is 3.59. The second kappa shape index (κ2) is 6.54. The molecule has 1 aromatic carbocycles. The summed E-state index contributed by atoms with van der Waals surface area (Å²) in [6.45, 7) is 1.67. The molecule has 1 heterocycles. The third-order valence-corrected chi connectivity index (χ3v) is 2.97. The predicted octanol–water partition coefficient (Wildman–Crippen LogP) is 2.94.